The summed E-state index contributed by atoms with van der Waals surface area (Å²) in [5.41, 5.74) is 2.74. The molecule has 0 aromatic heterocycles. The molecule has 1 aromatic rings. The number of aryl methyl sites for hydroxylation is 2. The molecular weight excluding hydrogens is 344 g/mol. The van der Waals surface area contributed by atoms with Gasteiger partial charge in [-0.15, -0.1) is 0 Å². The van der Waals surface area contributed by atoms with Crippen molar-refractivity contribution in [1.82, 2.24) is 10.2 Å². The maximum Gasteiger partial charge on any atom is 0.308 e. The summed E-state index contributed by atoms with van der Waals surface area (Å²) < 4.78 is 0. The lowest BCUT2D eigenvalue weighted by atomic mass is 9.95. The molecule has 0 bridgehead atoms. The van der Waals surface area contributed by atoms with E-state index >= 15 is 0 Å². The fourth-order valence-corrected chi connectivity index (χ4v) is 3.69. The first-order valence-corrected chi connectivity index (χ1v) is 9.70. The van der Waals surface area contributed by atoms with Crippen molar-refractivity contribution < 1.29 is 19.5 Å². The van der Waals surface area contributed by atoms with Crippen LogP contribution in [0.3, 0.4) is 0 Å². The van der Waals surface area contributed by atoms with Crippen LogP contribution in [0.4, 0.5) is 0 Å². The van der Waals surface area contributed by atoms with Crippen molar-refractivity contribution in [3.05, 3.63) is 34.9 Å². The maximum atomic E-state index is 12.8. The number of aliphatic carboxylic acids is 1. The third-order valence-electron chi connectivity index (χ3n) is 5.06. The highest BCUT2D eigenvalue weighted by Gasteiger charge is 2.29. The van der Waals surface area contributed by atoms with E-state index in [1.165, 1.54) is 0 Å². The van der Waals surface area contributed by atoms with Crippen molar-refractivity contribution in [2.45, 2.75) is 46.5 Å². The summed E-state index contributed by atoms with van der Waals surface area (Å²) in [6, 6.07) is 5.78. The van der Waals surface area contributed by atoms with Gasteiger partial charge in [-0.3, -0.25) is 14.4 Å². The molecule has 2 rings (SSSR count). The Bertz CT molecular complexity index is 681. The summed E-state index contributed by atoms with van der Waals surface area (Å²) >= 11 is 0. The Morgan fingerprint density at radius 2 is 1.89 bits per heavy atom. The maximum absolute atomic E-state index is 12.8. The van der Waals surface area contributed by atoms with Gasteiger partial charge in [0.15, 0.2) is 0 Å². The molecule has 2 N–H and O–H groups in total. The first kappa shape index (κ1) is 20.9. The third kappa shape index (κ3) is 5.81. The molecular formula is C21H30N2O4. The molecule has 1 aromatic carbocycles. The number of hydrogen-bond donors (Lipinski definition) is 2. The Kier molecular flexibility index (Phi) is 7.39. The van der Waals surface area contributed by atoms with Crippen LogP contribution in [0, 0.1) is 25.7 Å². The molecule has 1 heterocycles. The molecule has 0 aliphatic carbocycles. The average Bonchev–Trinajstić information content (AvgIpc) is 2.63. The summed E-state index contributed by atoms with van der Waals surface area (Å²) in [6.07, 6.45) is 2.78. The van der Waals surface area contributed by atoms with Gasteiger partial charge in [0.1, 0.15) is 0 Å². The molecule has 2 atom stereocenters. The van der Waals surface area contributed by atoms with E-state index in [2.05, 4.69) is 5.32 Å². The lowest BCUT2D eigenvalue weighted by Crippen LogP contribution is -2.46. The van der Waals surface area contributed by atoms with Gasteiger partial charge in [-0.05, 0) is 45.2 Å². The predicted molar refractivity (Wildman–Crippen MR) is 104 cm³/mol. The SMILES string of the molecule is CCCC(CNC(=O)C1CCCN(C(=O)c2cc(C)cc(C)c2)C1)C(=O)O. The van der Waals surface area contributed by atoms with Crippen LogP contribution >= 0.6 is 0 Å². The summed E-state index contributed by atoms with van der Waals surface area (Å²) in [7, 11) is 0. The molecule has 0 radical (unpaired) electrons. The lowest BCUT2D eigenvalue weighted by Gasteiger charge is -2.32. The summed E-state index contributed by atoms with van der Waals surface area (Å²) in [4.78, 5) is 38.3. The number of benzene rings is 1. The van der Waals surface area contributed by atoms with Gasteiger partial charge in [-0.25, -0.2) is 0 Å². The quantitative estimate of drug-likeness (QED) is 0.768. The molecule has 1 aliphatic heterocycles. The minimum Gasteiger partial charge on any atom is -0.481 e. The van der Waals surface area contributed by atoms with E-state index < -0.39 is 11.9 Å². The summed E-state index contributed by atoms with van der Waals surface area (Å²) in [6.45, 7) is 7.02. The van der Waals surface area contributed by atoms with Gasteiger partial charge in [-0.2, -0.15) is 0 Å². The molecule has 1 fully saturated rings. The number of carbonyl (C=O) groups is 3. The van der Waals surface area contributed by atoms with Gasteiger partial charge in [0.2, 0.25) is 5.91 Å². The minimum absolute atomic E-state index is 0.0475. The van der Waals surface area contributed by atoms with Crippen LogP contribution in [-0.4, -0.2) is 47.4 Å². The second-order valence-electron chi connectivity index (χ2n) is 7.54. The smallest absolute Gasteiger partial charge is 0.308 e. The normalized spacial score (nSPS) is 18.0. The highest BCUT2D eigenvalue weighted by molar-refractivity contribution is 5.95. The van der Waals surface area contributed by atoms with Crippen molar-refractivity contribution in [3.8, 4) is 0 Å². The number of carboxylic acids is 1. The molecule has 1 saturated heterocycles. The molecule has 6 heteroatoms. The van der Waals surface area contributed by atoms with E-state index in [1.54, 1.807) is 4.90 Å². The van der Waals surface area contributed by atoms with Gasteiger partial charge in [0, 0.05) is 25.2 Å². The third-order valence-corrected chi connectivity index (χ3v) is 5.06. The fourth-order valence-electron chi connectivity index (χ4n) is 3.69. The lowest BCUT2D eigenvalue weighted by molar-refractivity contribution is -0.142. The second kappa shape index (κ2) is 9.53. The van der Waals surface area contributed by atoms with Crippen molar-refractivity contribution in [3.63, 3.8) is 0 Å². The van der Waals surface area contributed by atoms with E-state index in [4.69, 9.17) is 0 Å². The van der Waals surface area contributed by atoms with E-state index in [0.29, 0.717) is 31.5 Å². The zero-order chi connectivity index (χ0) is 20.0. The number of carboxylic acid groups (broad SMARTS) is 1. The van der Waals surface area contributed by atoms with Crippen molar-refractivity contribution in [2.24, 2.45) is 11.8 Å². The molecule has 148 valence electrons. The van der Waals surface area contributed by atoms with Crippen LogP contribution in [-0.2, 0) is 9.59 Å². The molecule has 2 unspecified atom stereocenters. The van der Waals surface area contributed by atoms with E-state index in [1.807, 2.05) is 39.0 Å². The number of rotatable bonds is 7. The number of hydrogen-bond acceptors (Lipinski definition) is 3. The van der Waals surface area contributed by atoms with E-state index in [-0.39, 0.29) is 24.3 Å². The molecule has 0 spiro atoms. The number of amides is 2. The van der Waals surface area contributed by atoms with Crippen molar-refractivity contribution in [2.75, 3.05) is 19.6 Å². The van der Waals surface area contributed by atoms with Crippen molar-refractivity contribution >= 4 is 17.8 Å². The largest absolute Gasteiger partial charge is 0.481 e. The van der Waals surface area contributed by atoms with Gasteiger partial charge in [0.25, 0.3) is 5.91 Å². The second-order valence-corrected chi connectivity index (χ2v) is 7.54. The summed E-state index contributed by atoms with van der Waals surface area (Å²) in [5.74, 6) is -1.93. The monoisotopic (exact) mass is 374 g/mol. The highest BCUT2D eigenvalue weighted by Crippen LogP contribution is 2.20. The Morgan fingerprint density at radius 1 is 1.22 bits per heavy atom. The molecule has 2 amide bonds. The number of nitrogens with one attached hydrogen (secondary N) is 1. The van der Waals surface area contributed by atoms with Gasteiger partial charge in [0.05, 0.1) is 11.8 Å². The summed E-state index contributed by atoms with van der Waals surface area (Å²) in [5, 5.41) is 12.0. The van der Waals surface area contributed by atoms with Crippen LogP contribution in [0.25, 0.3) is 0 Å². The Morgan fingerprint density at radius 3 is 2.48 bits per heavy atom. The van der Waals surface area contributed by atoms with Crippen LogP contribution in [0.15, 0.2) is 18.2 Å². The van der Waals surface area contributed by atoms with Gasteiger partial charge < -0.3 is 15.3 Å². The molecule has 27 heavy (non-hydrogen) atoms. The number of nitrogens with zero attached hydrogens (tertiary/aromatic N) is 1. The van der Waals surface area contributed by atoms with E-state index in [0.717, 1.165) is 24.0 Å². The number of likely N-dealkylation sites (tertiary alicyclic amines) is 1. The fraction of sp³-hybridized carbons (Fsp3) is 0.571. The van der Waals surface area contributed by atoms with E-state index in [9.17, 15) is 19.5 Å². The predicted octanol–water partition coefficient (Wildman–Crippen LogP) is 2.77. The number of carbonyl (C=O) groups excluding carboxylic acids is 2. The first-order valence-electron chi connectivity index (χ1n) is 9.70. The zero-order valence-electron chi connectivity index (χ0n) is 16.5. The Hall–Kier alpha value is -2.37. The van der Waals surface area contributed by atoms with Crippen LogP contribution in [0.2, 0.25) is 0 Å². The van der Waals surface area contributed by atoms with Crippen LogP contribution in [0.1, 0.15) is 54.1 Å². The molecule has 1 aliphatic rings. The first-order chi connectivity index (χ1) is 12.8. The highest BCUT2D eigenvalue weighted by atomic mass is 16.4. The molecule has 6 nitrogen and oxygen atoms in total. The Balaban J connectivity index is 1.97. The van der Waals surface area contributed by atoms with Crippen molar-refractivity contribution in [1.29, 1.82) is 0 Å². The average molecular weight is 374 g/mol. The topological polar surface area (TPSA) is 86.7 Å². The number of piperidine rings is 1. The van der Waals surface area contributed by atoms with Gasteiger partial charge in [-0.1, -0.05) is 30.5 Å². The van der Waals surface area contributed by atoms with Crippen LogP contribution in [0.5, 0.6) is 0 Å². The van der Waals surface area contributed by atoms with Crippen LogP contribution < -0.4 is 5.32 Å². The zero-order valence-corrected chi connectivity index (χ0v) is 16.5. The Labute approximate surface area is 160 Å². The minimum atomic E-state index is -0.882. The standard InChI is InChI=1S/C21H30N2O4/c1-4-6-16(21(26)27)12-22-19(24)17-7-5-8-23(13-17)20(25)18-10-14(2)9-15(3)11-18/h9-11,16-17H,4-8,12-13H2,1-3H3,(H,22,24)(H,26,27). The molecule has 0 saturated carbocycles. The van der Waals surface area contributed by atoms with Gasteiger partial charge >= 0.3 is 5.97 Å².